The van der Waals surface area contributed by atoms with Crippen molar-refractivity contribution in [3.8, 4) is 0 Å². The molecule has 1 aromatic heterocycles. The fraction of sp³-hybridized carbons (Fsp3) is 0.545. The molecule has 0 bridgehead atoms. The summed E-state index contributed by atoms with van der Waals surface area (Å²) >= 11 is 6.99. The lowest BCUT2D eigenvalue weighted by molar-refractivity contribution is 0.484. The molecule has 0 aromatic carbocycles. The van der Waals surface area contributed by atoms with E-state index in [2.05, 4.69) is 54.7 Å². The molecule has 1 unspecified atom stereocenters. The van der Waals surface area contributed by atoms with Crippen LogP contribution in [0.5, 0.6) is 0 Å². The number of anilines is 1. The molecule has 0 N–H and O–H groups in total. The Bertz CT molecular complexity index is 354. The van der Waals surface area contributed by atoms with Crippen molar-refractivity contribution in [2.24, 2.45) is 0 Å². The lowest BCUT2D eigenvalue weighted by Crippen LogP contribution is -2.37. The van der Waals surface area contributed by atoms with Gasteiger partial charge in [-0.3, -0.25) is 0 Å². The molecule has 0 radical (unpaired) electrons. The molecule has 4 heteroatoms. The number of hydrogen-bond acceptors (Lipinski definition) is 2. The molecule has 1 atom stereocenters. The molecule has 1 aromatic rings. The van der Waals surface area contributed by atoms with E-state index in [4.69, 9.17) is 0 Å². The average Bonchev–Trinajstić information content (AvgIpc) is 2.23. The largest absolute Gasteiger partial charge is 0.368 e. The average molecular weight is 334 g/mol. The molecule has 15 heavy (non-hydrogen) atoms. The first kappa shape index (κ1) is 11.4. The lowest BCUT2D eigenvalue weighted by Gasteiger charge is -2.36. The van der Waals surface area contributed by atoms with Crippen molar-refractivity contribution in [1.29, 1.82) is 0 Å². The molecule has 0 saturated carbocycles. The van der Waals surface area contributed by atoms with Crippen molar-refractivity contribution in [2.45, 2.75) is 32.2 Å². The molecule has 2 rings (SSSR count). The predicted molar refractivity (Wildman–Crippen MR) is 70.3 cm³/mol. The van der Waals surface area contributed by atoms with E-state index in [1.54, 1.807) is 0 Å². The van der Waals surface area contributed by atoms with E-state index in [1.165, 1.54) is 24.9 Å². The highest BCUT2D eigenvalue weighted by molar-refractivity contribution is 9.11. The highest BCUT2D eigenvalue weighted by Gasteiger charge is 2.20. The normalized spacial score (nSPS) is 21.8. The summed E-state index contributed by atoms with van der Waals surface area (Å²) in [5.74, 6) is 0. The Hall–Kier alpha value is -0.0900. The van der Waals surface area contributed by atoms with E-state index in [0.29, 0.717) is 6.04 Å². The summed E-state index contributed by atoms with van der Waals surface area (Å²) in [5.41, 5.74) is 1.25. The predicted octanol–water partition coefficient (Wildman–Crippen LogP) is 3.99. The Morgan fingerprint density at radius 2 is 2.20 bits per heavy atom. The molecule has 0 amide bonds. The smallest absolute Gasteiger partial charge is 0.108 e. The van der Waals surface area contributed by atoms with Crippen molar-refractivity contribution in [3.05, 3.63) is 21.3 Å². The Morgan fingerprint density at radius 3 is 2.93 bits per heavy atom. The van der Waals surface area contributed by atoms with Gasteiger partial charge in [0, 0.05) is 18.8 Å². The van der Waals surface area contributed by atoms with E-state index >= 15 is 0 Å². The molecule has 0 aliphatic carbocycles. The summed E-state index contributed by atoms with van der Waals surface area (Å²) in [6.45, 7) is 3.44. The van der Waals surface area contributed by atoms with Crippen LogP contribution < -0.4 is 4.90 Å². The summed E-state index contributed by atoms with van der Waals surface area (Å²) in [5, 5.41) is 0. The van der Waals surface area contributed by atoms with Crippen molar-refractivity contribution in [2.75, 3.05) is 11.4 Å². The van der Waals surface area contributed by atoms with Crippen LogP contribution in [0.1, 0.15) is 26.2 Å². The zero-order valence-corrected chi connectivity index (χ0v) is 11.9. The second kappa shape index (κ2) is 4.83. The number of aromatic nitrogens is 1. The Morgan fingerprint density at radius 1 is 1.40 bits per heavy atom. The van der Waals surface area contributed by atoms with Gasteiger partial charge in [0.1, 0.15) is 4.60 Å². The van der Waals surface area contributed by atoms with Gasteiger partial charge in [0.25, 0.3) is 0 Å². The van der Waals surface area contributed by atoms with Gasteiger partial charge >= 0.3 is 0 Å². The fourth-order valence-electron chi connectivity index (χ4n) is 2.08. The standard InChI is InChI=1S/C11H14Br2N2/c1-8-4-2-3-5-15(8)10-6-11(13)14-7-9(10)12/h6-8H,2-5H2,1H3. The molecule has 1 fully saturated rings. The van der Waals surface area contributed by atoms with Gasteiger partial charge in [-0.25, -0.2) is 4.98 Å². The van der Waals surface area contributed by atoms with Gasteiger partial charge in [-0.05, 0) is 64.1 Å². The van der Waals surface area contributed by atoms with Crippen LogP contribution >= 0.6 is 31.9 Å². The van der Waals surface area contributed by atoms with Gasteiger partial charge in [-0.1, -0.05) is 0 Å². The number of rotatable bonds is 1. The summed E-state index contributed by atoms with van der Waals surface area (Å²) < 4.78 is 1.98. The second-order valence-corrected chi connectivity index (χ2v) is 5.66. The van der Waals surface area contributed by atoms with Gasteiger partial charge in [0.05, 0.1) is 10.2 Å². The summed E-state index contributed by atoms with van der Waals surface area (Å²) in [6, 6.07) is 2.72. The highest BCUT2D eigenvalue weighted by atomic mass is 79.9. The molecular weight excluding hydrogens is 320 g/mol. The third-order valence-corrected chi connectivity index (χ3v) is 3.96. The molecule has 1 aliphatic heterocycles. The summed E-state index contributed by atoms with van der Waals surface area (Å²) in [6.07, 6.45) is 5.78. The van der Waals surface area contributed by atoms with Crippen molar-refractivity contribution in [3.63, 3.8) is 0 Å². The molecule has 82 valence electrons. The first-order valence-corrected chi connectivity index (χ1v) is 6.85. The minimum atomic E-state index is 0.629. The van der Waals surface area contributed by atoms with Crippen LogP contribution in [0.2, 0.25) is 0 Å². The van der Waals surface area contributed by atoms with Crippen molar-refractivity contribution < 1.29 is 0 Å². The molecule has 2 heterocycles. The number of piperidine rings is 1. The molecule has 2 nitrogen and oxygen atoms in total. The topological polar surface area (TPSA) is 16.1 Å². The van der Waals surface area contributed by atoms with Crippen LogP contribution in [0.25, 0.3) is 0 Å². The van der Waals surface area contributed by atoms with Gasteiger partial charge in [0.15, 0.2) is 0 Å². The quantitative estimate of drug-likeness (QED) is 0.722. The molecule has 1 saturated heterocycles. The Labute approximate surface area is 107 Å². The number of halogens is 2. The van der Waals surface area contributed by atoms with Crippen molar-refractivity contribution >= 4 is 37.5 Å². The van der Waals surface area contributed by atoms with E-state index in [0.717, 1.165) is 15.6 Å². The first-order valence-electron chi connectivity index (χ1n) is 5.26. The lowest BCUT2D eigenvalue weighted by atomic mass is 10.0. The van der Waals surface area contributed by atoms with Crippen LogP contribution in [-0.4, -0.2) is 17.6 Å². The van der Waals surface area contributed by atoms with E-state index in [-0.39, 0.29) is 0 Å². The molecular formula is C11H14Br2N2. The molecule has 1 aliphatic rings. The zero-order chi connectivity index (χ0) is 10.8. The highest BCUT2D eigenvalue weighted by Crippen LogP contribution is 2.32. The number of hydrogen-bond donors (Lipinski definition) is 0. The SMILES string of the molecule is CC1CCCCN1c1cc(Br)ncc1Br. The van der Waals surface area contributed by atoms with Crippen LogP contribution in [0.15, 0.2) is 21.3 Å². The van der Waals surface area contributed by atoms with Gasteiger partial charge in [0.2, 0.25) is 0 Å². The first-order chi connectivity index (χ1) is 7.18. The Balaban J connectivity index is 2.30. The van der Waals surface area contributed by atoms with E-state index in [9.17, 15) is 0 Å². The van der Waals surface area contributed by atoms with Crippen LogP contribution in [-0.2, 0) is 0 Å². The number of nitrogens with zero attached hydrogens (tertiary/aromatic N) is 2. The summed E-state index contributed by atoms with van der Waals surface area (Å²) in [7, 11) is 0. The minimum Gasteiger partial charge on any atom is -0.368 e. The second-order valence-electron chi connectivity index (χ2n) is 4.00. The van der Waals surface area contributed by atoms with Crippen molar-refractivity contribution in [1.82, 2.24) is 4.98 Å². The monoisotopic (exact) mass is 332 g/mol. The van der Waals surface area contributed by atoms with Gasteiger partial charge < -0.3 is 4.90 Å². The van der Waals surface area contributed by atoms with Crippen LogP contribution in [0, 0.1) is 0 Å². The Kier molecular flexibility index (Phi) is 3.67. The molecule has 0 spiro atoms. The fourth-order valence-corrected chi connectivity index (χ4v) is 2.84. The maximum absolute atomic E-state index is 4.20. The number of pyridine rings is 1. The summed E-state index contributed by atoms with van der Waals surface area (Å²) in [4.78, 5) is 6.66. The maximum Gasteiger partial charge on any atom is 0.108 e. The van der Waals surface area contributed by atoms with Crippen LogP contribution in [0.4, 0.5) is 5.69 Å². The third-order valence-electron chi connectivity index (χ3n) is 2.91. The van der Waals surface area contributed by atoms with Gasteiger partial charge in [-0.2, -0.15) is 0 Å². The zero-order valence-electron chi connectivity index (χ0n) is 8.71. The van der Waals surface area contributed by atoms with E-state index in [1.807, 2.05) is 6.20 Å². The van der Waals surface area contributed by atoms with E-state index < -0.39 is 0 Å². The minimum absolute atomic E-state index is 0.629. The van der Waals surface area contributed by atoms with Gasteiger partial charge in [-0.15, -0.1) is 0 Å². The van der Waals surface area contributed by atoms with Crippen LogP contribution in [0.3, 0.4) is 0 Å². The maximum atomic E-state index is 4.20. The third kappa shape index (κ3) is 2.53.